The summed E-state index contributed by atoms with van der Waals surface area (Å²) in [4.78, 5) is 80.9. The zero-order chi connectivity index (χ0) is 52.9. The maximum atomic E-state index is 14.8. The lowest BCUT2D eigenvalue weighted by Gasteiger charge is -2.37. The van der Waals surface area contributed by atoms with Crippen LogP contribution in [0.5, 0.6) is 5.75 Å². The number of likely N-dealkylation sites (tertiary alicyclic amines) is 2. The topological polar surface area (TPSA) is 178 Å². The second kappa shape index (κ2) is 23.3. The number of allylic oxidation sites excluding steroid dienone is 2. The first-order valence-electron chi connectivity index (χ1n) is 26.0. The van der Waals surface area contributed by atoms with Gasteiger partial charge in [0.05, 0.1) is 36.1 Å². The van der Waals surface area contributed by atoms with E-state index in [1.807, 2.05) is 53.0 Å². The normalized spacial score (nSPS) is 22.8. The largest absolute Gasteiger partial charge is 0.508 e. The highest BCUT2D eigenvalue weighted by Gasteiger charge is 2.40. The van der Waals surface area contributed by atoms with Crippen LogP contribution in [-0.2, 0) is 52.8 Å². The summed E-state index contributed by atoms with van der Waals surface area (Å²) in [6, 6.07) is 8.43. The predicted octanol–water partition coefficient (Wildman–Crippen LogP) is 6.13. The highest BCUT2D eigenvalue weighted by molar-refractivity contribution is 5.97. The Balaban J connectivity index is 1.25. The molecule has 5 heterocycles. The molecule has 16 nitrogen and oxygen atoms in total. The van der Waals surface area contributed by atoms with Crippen LogP contribution in [0.2, 0.25) is 0 Å². The number of likely N-dealkylation sites (N-methyl/N-ethyl adjacent to an activating group) is 1. The minimum absolute atomic E-state index is 0.0227. The van der Waals surface area contributed by atoms with E-state index in [-0.39, 0.29) is 61.7 Å². The molecule has 3 saturated heterocycles. The highest BCUT2D eigenvalue weighted by atomic mass is 16.5. The SMILES string of the molecule is C=C/C(=C(\N=CC)[C@H](C)OC)c1c2c3cc(ccc3n1CC)-c1cc(O)cc(c1)C[C@H](NC(=O)[C@H](C(C)C)N(C)C(=O)[C@H]1CCN(C(=O)C#C[C@@H]3CCCN3C)C1)C(=O)N1CCC[C@H](N1)C(=O)OCC(C)(C)C2. The van der Waals surface area contributed by atoms with E-state index in [0.29, 0.717) is 49.9 Å². The summed E-state index contributed by atoms with van der Waals surface area (Å²) >= 11 is 0. The number of methoxy groups -OCH3 is 1. The number of aliphatic imine (C=N–C) groups is 1. The Hall–Kier alpha value is -6.28. The van der Waals surface area contributed by atoms with E-state index in [2.05, 4.69) is 71.5 Å². The standard InChI is InChI=1S/C57H76N8O8/c1-12-43(50(58-13-2)36(6)72-11)52-45-32-57(7,8)34-73-56(71)46-18-16-25-65(60-46)55(70)47(29-37-27-40(30-42(66)28-37)38-19-21-48(44(45)31-38)64(52)14-3)59-53(68)51(35(4)5)62(10)54(69)39-23-26-63(33-39)49(67)22-20-41-17-15-24-61(41)9/h12-13,19,21,27-28,30-31,35-36,39,41,46-47,51,60,66H,1,14-18,23-26,29,32-34H2,2-11H3,(H,59,68)/b50-43+,58-13?/t36-,39-,41-,46-,47-,51-/m0/s1. The number of nitrogens with one attached hydrogen (secondary N) is 2. The first-order valence-corrected chi connectivity index (χ1v) is 26.0. The Morgan fingerprint density at radius 2 is 1.82 bits per heavy atom. The molecule has 73 heavy (non-hydrogen) atoms. The molecule has 3 N–H and O–H groups in total. The highest BCUT2D eigenvalue weighted by Crippen LogP contribution is 2.41. The Labute approximate surface area is 431 Å². The average Bonchev–Trinajstić information content (AvgIpc) is 4.11. The molecule has 2 aromatic carbocycles. The molecule has 3 fully saturated rings. The lowest BCUT2D eigenvalue weighted by atomic mass is 9.84. The Morgan fingerprint density at radius 1 is 1.07 bits per heavy atom. The first kappa shape index (κ1) is 54.5. The van der Waals surface area contributed by atoms with Gasteiger partial charge in [-0.15, -0.1) is 0 Å². The first-order chi connectivity index (χ1) is 34.8. The van der Waals surface area contributed by atoms with Gasteiger partial charge in [-0.1, -0.05) is 58.4 Å². The molecule has 4 aliphatic rings. The quantitative estimate of drug-likeness (QED) is 0.0876. The number of aromatic hydroxyl groups is 1. The number of esters is 1. The van der Waals surface area contributed by atoms with Crippen LogP contribution in [-0.4, -0.2) is 149 Å². The van der Waals surface area contributed by atoms with Crippen LogP contribution in [0, 0.1) is 29.1 Å². The van der Waals surface area contributed by atoms with Crippen molar-refractivity contribution in [3.8, 4) is 28.7 Å². The van der Waals surface area contributed by atoms with Gasteiger partial charge in [0.1, 0.15) is 23.9 Å². The van der Waals surface area contributed by atoms with Gasteiger partial charge >= 0.3 is 5.97 Å². The van der Waals surface area contributed by atoms with E-state index in [1.54, 1.807) is 37.4 Å². The molecule has 0 unspecified atom stereocenters. The van der Waals surface area contributed by atoms with Crippen molar-refractivity contribution in [2.75, 3.05) is 54.0 Å². The molecule has 6 bridgehead atoms. The van der Waals surface area contributed by atoms with Gasteiger partial charge in [0.2, 0.25) is 11.8 Å². The molecule has 4 amide bonds. The number of phenolic OH excluding ortho intramolecular Hbond substituents is 1. The molecule has 4 aliphatic heterocycles. The van der Waals surface area contributed by atoms with E-state index in [4.69, 9.17) is 14.5 Å². The predicted molar refractivity (Wildman–Crippen MR) is 284 cm³/mol. The van der Waals surface area contributed by atoms with E-state index >= 15 is 0 Å². The zero-order valence-electron chi connectivity index (χ0n) is 44.5. The molecule has 392 valence electrons. The molecule has 0 radical (unpaired) electrons. The zero-order valence-corrected chi connectivity index (χ0v) is 44.5. The van der Waals surface area contributed by atoms with Crippen LogP contribution in [0.3, 0.4) is 0 Å². The minimum atomic E-state index is -1.18. The number of rotatable bonds is 11. The Morgan fingerprint density at radius 3 is 2.49 bits per heavy atom. The monoisotopic (exact) mass is 1000 g/mol. The van der Waals surface area contributed by atoms with E-state index in [0.717, 1.165) is 58.4 Å². The van der Waals surface area contributed by atoms with Gasteiger partial charge in [-0.2, -0.15) is 0 Å². The van der Waals surface area contributed by atoms with Crippen molar-refractivity contribution >= 4 is 52.3 Å². The summed E-state index contributed by atoms with van der Waals surface area (Å²) in [6.07, 6.45) is 7.01. The number of amides is 4. The van der Waals surface area contributed by atoms with Gasteiger partial charge in [0.25, 0.3) is 11.8 Å². The Bertz CT molecular complexity index is 2730. The van der Waals surface area contributed by atoms with Gasteiger partial charge in [0, 0.05) is 74.9 Å². The van der Waals surface area contributed by atoms with Crippen LogP contribution in [0.1, 0.15) is 97.4 Å². The fourth-order valence-electron chi connectivity index (χ4n) is 11.1. The number of fused-ring (bicyclic) bond motifs is 6. The smallest absolute Gasteiger partial charge is 0.324 e. The van der Waals surface area contributed by atoms with E-state index in [9.17, 15) is 29.1 Å². The molecule has 0 saturated carbocycles. The number of hydrazine groups is 1. The number of phenols is 1. The maximum Gasteiger partial charge on any atom is 0.324 e. The fraction of sp³-hybridized carbons (Fsp3) is 0.544. The number of hydrogen-bond acceptors (Lipinski definition) is 11. The van der Waals surface area contributed by atoms with Gasteiger partial charge in [-0.25, -0.2) is 5.43 Å². The summed E-state index contributed by atoms with van der Waals surface area (Å²) in [7, 11) is 5.25. The van der Waals surface area contributed by atoms with Crippen molar-refractivity contribution in [3.05, 3.63) is 71.6 Å². The van der Waals surface area contributed by atoms with Crippen molar-refractivity contribution in [2.45, 2.75) is 130 Å². The van der Waals surface area contributed by atoms with Crippen LogP contribution >= 0.6 is 0 Å². The third kappa shape index (κ3) is 12.1. The summed E-state index contributed by atoms with van der Waals surface area (Å²) in [5.74, 6) is 2.89. The number of cyclic esters (lactones) is 1. The van der Waals surface area contributed by atoms with Crippen LogP contribution in [0.25, 0.3) is 27.6 Å². The summed E-state index contributed by atoms with van der Waals surface area (Å²) < 4.78 is 14.2. The van der Waals surface area contributed by atoms with Gasteiger partial charge in [0.15, 0.2) is 0 Å². The van der Waals surface area contributed by atoms with Crippen molar-refractivity contribution in [1.29, 1.82) is 0 Å². The molecule has 0 spiro atoms. The number of carbonyl (C=O) groups excluding carboxylic acids is 5. The van der Waals surface area contributed by atoms with E-state index < -0.39 is 47.2 Å². The molecule has 7 rings (SSSR count). The van der Waals surface area contributed by atoms with Gasteiger partial charge < -0.3 is 34.3 Å². The molecular formula is C57H76N8O8. The second-order valence-corrected chi connectivity index (χ2v) is 21.3. The van der Waals surface area contributed by atoms with Crippen molar-refractivity contribution in [3.63, 3.8) is 0 Å². The number of nitrogens with zero attached hydrogens (tertiary/aromatic N) is 6. The minimum Gasteiger partial charge on any atom is -0.508 e. The summed E-state index contributed by atoms with van der Waals surface area (Å²) in [5.41, 5.74) is 9.10. The van der Waals surface area contributed by atoms with Crippen LogP contribution in [0.4, 0.5) is 0 Å². The summed E-state index contributed by atoms with van der Waals surface area (Å²) in [6.45, 7) is 20.5. The summed E-state index contributed by atoms with van der Waals surface area (Å²) in [5, 5.41) is 16.8. The average molecular weight is 1000 g/mol. The number of hydrogen-bond donors (Lipinski definition) is 3. The Kier molecular flexibility index (Phi) is 17.4. The molecule has 3 aromatic rings. The lowest BCUT2D eigenvalue weighted by Crippen LogP contribution is -2.62. The third-order valence-corrected chi connectivity index (χ3v) is 14.9. The second-order valence-electron chi connectivity index (χ2n) is 21.3. The number of benzene rings is 2. The van der Waals surface area contributed by atoms with Crippen LogP contribution < -0.4 is 10.7 Å². The number of aryl methyl sites for hydroxylation is 1. The molecule has 1 aromatic heterocycles. The molecule has 16 heteroatoms. The molecule has 0 aliphatic carbocycles. The number of aromatic nitrogens is 1. The van der Waals surface area contributed by atoms with E-state index in [1.165, 1.54) is 9.91 Å². The number of carbonyl (C=O) groups is 5. The fourth-order valence-corrected chi connectivity index (χ4v) is 11.1. The molecular weight excluding hydrogens is 925 g/mol. The maximum absolute atomic E-state index is 14.8. The van der Waals surface area contributed by atoms with Crippen LogP contribution in [0.15, 0.2) is 59.7 Å². The van der Waals surface area contributed by atoms with Gasteiger partial charge in [-0.3, -0.25) is 38.9 Å². The van der Waals surface area contributed by atoms with Crippen molar-refractivity contribution < 1.29 is 38.6 Å². The third-order valence-electron chi connectivity index (χ3n) is 14.9. The lowest BCUT2D eigenvalue weighted by molar-refractivity contribution is -0.155. The molecule has 6 atom stereocenters. The van der Waals surface area contributed by atoms with Crippen molar-refractivity contribution in [2.24, 2.45) is 22.2 Å². The number of ether oxygens (including phenoxy) is 2. The van der Waals surface area contributed by atoms with Crippen molar-refractivity contribution in [1.82, 2.24) is 35.0 Å². The van der Waals surface area contributed by atoms with Gasteiger partial charge in [-0.05, 0) is 131 Å².